The summed E-state index contributed by atoms with van der Waals surface area (Å²) in [6.07, 6.45) is 5.08. The van der Waals surface area contributed by atoms with Crippen LogP contribution in [0.4, 0.5) is 0 Å². The number of thiazole rings is 1. The number of carbonyl (C=O) groups is 1. The Labute approximate surface area is 125 Å². The Morgan fingerprint density at radius 1 is 1.43 bits per heavy atom. The number of rotatable bonds is 4. The van der Waals surface area contributed by atoms with Crippen molar-refractivity contribution >= 4 is 17.2 Å². The zero-order chi connectivity index (χ0) is 14.7. The number of aromatic nitrogens is 2. The van der Waals surface area contributed by atoms with Crippen molar-refractivity contribution in [3.8, 4) is 11.3 Å². The maximum absolute atomic E-state index is 12.0. The molecule has 3 aromatic rings. The van der Waals surface area contributed by atoms with Crippen molar-refractivity contribution in [2.45, 2.75) is 13.5 Å². The topological polar surface area (TPSA) is 68.0 Å². The summed E-state index contributed by atoms with van der Waals surface area (Å²) in [5, 5.41) is 2.88. The van der Waals surface area contributed by atoms with E-state index in [9.17, 15) is 4.79 Å². The molecule has 0 aliphatic carbocycles. The van der Waals surface area contributed by atoms with E-state index in [0.717, 1.165) is 22.6 Å². The van der Waals surface area contributed by atoms with Gasteiger partial charge >= 0.3 is 0 Å². The van der Waals surface area contributed by atoms with E-state index in [1.54, 1.807) is 24.2 Å². The van der Waals surface area contributed by atoms with E-state index in [1.807, 2.05) is 25.1 Å². The van der Waals surface area contributed by atoms with E-state index in [4.69, 9.17) is 4.42 Å². The minimum atomic E-state index is -0.113. The number of pyridine rings is 1. The van der Waals surface area contributed by atoms with Crippen molar-refractivity contribution in [3.05, 3.63) is 58.5 Å². The zero-order valence-electron chi connectivity index (χ0n) is 11.4. The molecule has 0 aliphatic heterocycles. The normalized spacial score (nSPS) is 10.5. The van der Waals surface area contributed by atoms with Crippen LogP contribution in [0.2, 0.25) is 0 Å². The molecule has 3 heterocycles. The lowest BCUT2D eigenvalue weighted by atomic mass is 10.1. The highest BCUT2D eigenvalue weighted by molar-refractivity contribution is 7.11. The van der Waals surface area contributed by atoms with Crippen LogP contribution in [0.15, 0.2) is 46.8 Å². The first-order valence-corrected chi connectivity index (χ1v) is 7.28. The van der Waals surface area contributed by atoms with Crippen LogP contribution in [0, 0.1) is 6.92 Å². The van der Waals surface area contributed by atoms with Crippen molar-refractivity contribution in [3.63, 3.8) is 0 Å². The Kier molecular flexibility index (Phi) is 3.79. The van der Waals surface area contributed by atoms with Crippen molar-refractivity contribution in [1.29, 1.82) is 0 Å². The first-order valence-electron chi connectivity index (χ1n) is 6.40. The standard InChI is InChI=1S/C15H13N3O2S/c1-10-14(21-9-18-10)15(19)17-7-11-5-12(8-16-6-11)13-3-2-4-20-13/h2-6,8-9H,7H2,1H3,(H,17,19). The van der Waals surface area contributed by atoms with E-state index in [1.165, 1.54) is 11.3 Å². The average molecular weight is 299 g/mol. The van der Waals surface area contributed by atoms with Crippen LogP contribution in [0.3, 0.4) is 0 Å². The molecule has 5 nitrogen and oxygen atoms in total. The van der Waals surface area contributed by atoms with Gasteiger partial charge in [0, 0.05) is 24.5 Å². The molecule has 6 heteroatoms. The van der Waals surface area contributed by atoms with Crippen LogP contribution in [0.25, 0.3) is 11.3 Å². The second-order valence-electron chi connectivity index (χ2n) is 4.51. The highest BCUT2D eigenvalue weighted by Gasteiger charge is 2.11. The van der Waals surface area contributed by atoms with Gasteiger partial charge in [0.05, 0.1) is 17.5 Å². The monoisotopic (exact) mass is 299 g/mol. The molecule has 106 valence electrons. The maximum atomic E-state index is 12.0. The summed E-state index contributed by atoms with van der Waals surface area (Å²) in [5.41, 5.74) is 4.23. The molecule has 0 saturated carbocycles. The third-order valence-electron chi connectivity index (χ3n) is 3.01. The summed E-state index contributed by atoms with van der Waals surface area (Å²) in [5.74, 6) is 0.646. The van der Waals surface area contributed by atoms with E-state index in [-0.39, 0.29) is 5.91 Å². The van der Waals surface area contributed by atoms with Gasteiger partial charge in [0.1, 0.15) is 10.6 Å². The lowest BCUT2D eigenvalue weighted by Crippen LogP contribution is -2.22. The minimum absolute atomic E-state index is 0.113. The van der Waals surface area contributed by atoms with Crippen LogP contribution in [-0.2, 0) is 6.54 Å². The molecular formula is C15H13N3O2S. The lowest BCUT2D eigenvalue weighted by Gasteiger charge is -2.05. The molecule has 1 amide bonds. The van der Waals surface area contributed by atoms with Crippen LogP contribution in [0.5, 0.6) is 0 Å². The Hall–Kier alpha value is -2.47. The van der Waals surface area contributed by atoms with Crippen LogP contribution in [-0.4, -0.2) is 15.9 Å². The molecule has 0 aromatic carbocycles. The Morgan fingerprint density at radius 2 is 2.33 bits per heavy atom. The van der Waals surface area contributed by atoms with Gasteiger partial charge in [0.15, 0.2) is 0 Å². The number of nitrogens with one attached hydrogen (secondary N) is 1. The molecule has 3 aromatic heterocycles. The largest absolute Gasteiger partial charge is 0.464 e. The molecule has 0 unspecified atom stereocenters. The number of hydrogen-bond donors (Lipinski definition) is 1. The highest BCUT2D eigenvalue weighted by Crippen LogP contribution is 2.19. The molecule has 0 spiro atoms. The van der Waals surface area contributed by atoms with Gasteiger partial charge in [0.2, 0.25) is 0 Å². The second kappa shape index (κ2) is 5.88. The van der Waals surface area contributed by atoms with Gasteiger partial charge < -0.3 is 9.73 Å². The molecule has 1 N–H and O–H groups in total. The predicted molar refractivity (Wildman–Crippen MR) is 80.0 cm³/mol. The number of aryl methyl sites for hydroxylation is 1. The Balaban J connectivity index is 1.70. The van der Waals surface area contributed by atoms with E-state index < -0.39 is 0 Å². The van der Waals surface area contributed by atoms with Crippen molar-refractivity contribution in [2.24, 2.45) is 0 Å². The van der Waals surface area contributed by atoms with Crippen molar-refractivity contribution < 1.29 is 9.21 Å². The van der Waals surface area contributed by atoms with E-state index in [2.05, 4.69) is 15.3 Å². The van der Waals surface area contributed by atoms with Crippen LogP contribution < -0.4 is 5.32 Å². The van der Waals surface area contributed by atoms with Gasteiger partial charge in [-0.3, -0.25) is 9.78 Å². The summed E-state index contributed by atoms with van der Waals surface area (Å²) in [6.45, 7) is 2.24. The lowest BCUT2D eigenvalue weighted by molar-refractivity contribution is 0.0954. The molecule has 0 atom stereocenters. The zero-order valence-corrected chi connectivity index (χ0v) is 12.2. The molecule has 0 bridgehead atoms. The molecule has 0 saturated heterocycles. The van der Waals surface area contributed by atoms with Gasteiger partial charge in [-0.2, -0.15) is 0 Å². The molecular weight excluding hydrogens is 286 g/mol. The third kappa shape index (κ3) is 3.00. The number of carbonyl (C=O) groups excluding carboxylic acids is 1. The average Bonchev–Trinajstić information content (AvgIpc) is 3.16. The Morgan fingerprint density at radius 3 is 3.05 bits per heavy atom. The van der Waals surface area contributed by atoms with Gasteiger partial charge in [0.25, 0.3) is 5.91 Å². The third-order valence-corrected chi connectivity index (χ3v) is 3.93. The number of amides is 1. The van der Waals surface area contributed by atoms with Gasteiger partial charge in [-0.15, -0.1) is 11.3 Å². The molecule has 0 radical (unpaired) electrons. The van der Waals surface area contributed by atoms with Crippen LogP contribution >= 0.6 is 11.3 Å². The first kappa shape index (κ1) is 13.5. The fourth-order valence-electron chi connectivity index (χ4n) is 1.94. The van der Waals surface area contributed by atoms with Crippen molar-refractivity contribution in [2.75, 3.05) is 0 Å². The minimum Gasteiger partial charge on any atom is -0.464 e. The van der Waals surface area contributed by atoms with E-state index >= 15 is 0 Å². The maximum Gasteiger partial charge on any atom is 0.263 e. The van der Waals surface area contributed by atoms with Crippen molar-refractivity contribution in [1.82, 2.24) is 15.3 Å². The highest BCUT2D eigenvalue weighted by atomic mass is 32.1. The van der Waals surface area contributed by atoms with Gasteiger partial charge in [-0.1, -0.05) is 0 Å². The molecule has 21 heavy (non-hydrogen) atoms. The van der Waals surface area contributed by atoms with Gasteiger partial charge in [-0.25, -0.2) is 4.98 Å². The summed E-state index contributed by atoms with van der Waals surface area (Å²) in [6, 6.07) is 5.65. The van der Waals surface area contributed by atoms with Gasteiger partial charge in [-0.05, 0) is 30.7 Å². The summed E-state index contributed by atoms with van der Waals surface area (Å²) < 4.78 is 5.34. The molecule has 0 aliphatic rings. The summed E-state index contributed by atoms with van der Waals surface area (Å²) >= 11 is 1.34. The summed E-state index contributed by atoms with van der Waals surface area (Å²) in [4.78, 5) is 20.9. The SMILES string of the molecule is Cc1ncsc1C(=O)NCc1cncc(-c2ccco2)c1. The first-order chi connectivity index (χ1) is 10.2. The smallest absolute Gasteiger partial charge is 0.263 e. The van der Waals surface area contributed by atoms with E-state index in [0.29, 0.717) is 11.4 Å². The quantitative estimate of drug-likeness (QED) is 0.804. The second-order valence-corrected chi connectivity index (χ2v) is 5.36. The predicted octanol–water partition coefficient (Wildman–Crippen LogP) is 3.04. The Bertz CT molecular complexity index is 750. The summed E-state index contributed by atoms with van der Waals surface area (Å²) in [7, 11) is 0. The number of furan rings is 1. The van der Waals surface area contributed by atoms with Crippen LogP contribution in [0.1, 0.15) is 20.9 Å². The molecule has 3 rings (SSSR count). The molecule has 0 fully saturated rings. The number of hydrogen-bond acceptors (Lipinski definition) is 5. The fraction of sp³-hybridized carbons (Fsp3) is 0.133. The number of nitrogens with zero attached hydrogens (tertiary/aromatic N) is 2. The fourth-order valence-corrected chi connectivity index (χ4v) is 2.66.